The molecule has 2 aliphatic heterocycles. The highest BCUT2D eigenvalue weighted by Crippen LogP contribution is 2.29. The van der Waals surface area contributed by atoms with Gasteiger partial charge < -0.3 is 9.80 Å². The summed E-state index contributed by atoms with van der Waals surface area (Å²) in [5.74, 6) is 3.23. The van der Waals surface area contributed by atoms with Crippen molar-refractivity contribution in [3.8, 4) is 0 Å². The Balaban J connectivity index is 1.56. The van der Waals surface area contributed by atoms with Crippen molar-refractivity contribution in [1.82, 2.24) is 19.9 Å². The van der Waals surface area contributed by atoms with Crippen molar-refractivity contribution in [2.24, 2.45) is 0 Å². The lowest BCUT2D eigenvalue weighted by atomic mass is 9.94. The minimum absolute atomic E-state index is 0.422. The molecule has 6 heteroatoms. The van der Waals surface area contributed by atoms with E-state index in [-0.39, 0.29) is 0 Å². The van der Waals surface area contributed by atoms with E-state index in [2.05, 4.69) is 30.8 Å². The molecule has 6 nitrogen and oxygen atoms in total. The van der Waals surface area contributed by atoms with Gasteiger partial charge in [-0.2, -0.15) is 0 Å². The van der Waals surface area contributed by atoms with Crippen molar-refractivity contribution >= 4 is 11.8 Å². The Morgan fingerprint density at radius 2 is 1.71 bits per heavy atom. The molecule has 0 unspecified atom stereocenters. The summed E-state index contributed by atoms with van der Waals surface area (Å²) in [6, 6.07) is 4.07. The topological polar surface area (TPSA) is 58.0 Å². The molecule has 0 spiro atoms. The normalized spacial score (nSPS) is 21.3. The zero-order valence-corrected chi connectivity index (χ0v) is 14.2. The Hall–Kier alpha value is -2.24. The maximum absolute atomic E-state index is 4.75. The van der Waals surface area contributed by atoms with Crippen LogP contribution in [0.15, 0.2) is 24.5 Å². The molecule has 126 valence electrons. The standard InChI is InChI=1S/C18H24N6/c1-14-21-16(12-17(22-14)23-9-2-3-10-23)15-6-4-11-24(13-15)18-19-7-5-8-20-18/h5,7-8,12,15H,2-4,6,9-11,13H2,1H3/t15-/m1/s1. The summed E-state index contributed by atoms with van der Waals surface area (Å²) in [4.78, 5) is 22.9. The van der Waals surface area contributed by atoms with E-state index in [4.69, 9.17) is 4.98 Å². The average Bonchev–Trinajstić information content (AvgIpc) is 3.17. The van der Waals surface area contributed by atoms with E-state index < -0.39 is 0 Å². The van der Waals surface area contributed by atoms with Crippen molar-refractivity contribution in [3.63, 3.8) is 0 Å². The molecular weight excluding hydrogens is 300 g/mol. The molecular formula is C18H24N6. The first-order chi connectivity index (χ1) is 11.8. The third kappa shape index (κ3) is 3.18. The molecule has 0 N–H and O–H groups in total. The Morgan fingerprint density at radius 1 is 0.958 bits per heavy atom. The van der Waals surface area contributed by atoms with Crippen LogP contribution >= 0.6 is 0 Å². The van der Waals surface area contributed by atoms with Gasteiger partial charge in [-0.15, -0.1) is 0 Å². The summed E-state index contributed by atoms with van der Waals surface area (Å²) in [6.07, 6.45) is 8.46. The molecule has 0 saturated carbocycles. The number of piperidine rings is 1. The van der Waals surface area contributed by atoms with Gasteiger partial charge in [-0.1, -0.05) is 0 Å². The van der Waals surface area contributed by atoms with E-state index in [0.29, 0.717) is 5.92 Å². The van der Waals surface area contributed by atoms with Crippen LogP contribution in [0.1, 0.15) is 43.1 Å². The molecule has 0 aliphatic carbocycles. The second-order valence-corrected chi connectivity index (χ2v) is 6.73. The molecule has 2 aliphatic rings. The Labute approximate surface area is 143 Å². The fourth-order valence-corrected chi connectivity index (χ4v) is 3.75. The number of rotatable bonds is 3. The third-order valence-corrected chi connectivity index (χ3v) is 4.95. The maximum atomic E-state index is 4.75. The molecule has 2 saturated heterocycles. The fraction of sp³-hybridized carbons (Fsp3) is 0.556. The smallest absolute Gasteiger partial charge is 0.225 e. The summed E-state index contributed by atoms with van der Waals surface area (Å²) in [5, 5.41) is 0. The molecule has 0 radical (unpaired) electrons. The monoisotopic (exact) mass is 324 g/mol. The summed E-state index contributed by atoms with van der Waals surface area (Å²) in [5.41, 5.74) is 1.17. The summed E-state index contributed by atoms with van der Waals surface area (Å²) in [7, 11) is 0. The fourth-order valence-electron chi connectivity index (χ4n) is 3.75. The maximum Gasteiger partial charge on any atom is 0.225 e. The minimum Gasteiger partial charge on any atom is -0.357 e. The summed E-state index contributed by atoms with van der Waals surface area (Å²) < 4.78 is 0. The number of hydrogen-bond acceptors (Lipinski definition) is 6. The van der Waals surface area contributed by atoms with Gasteiger partial charge in [0.15, 0.2) is 0 Å². The van der Waals surface area contributed by atoms with Gasteiger partial charge in [0.05, 0.1) is 5.69 Å². The molecule has 24 heavy (non-hydrogen) atoms. The van der Waals surface area contributed by atoms with Crippen molar-refractivity contribution < 1.29 is 0 Å². The van der Waals surface area contributed by atoms with Gasteiger partial charge in [0, 0.05) is 50.6 Å². The van der Waals surface area contributed by atoms with Crippen LogP contribution in [0.5, 0.6) is 0 Å². The molecule has 2 aromatic rings. The molecule has 0 aromatic carbocycles. The number of hydrogen-bond donors (Lipinski definition) is 0. The van der Waals surface area contributed by atoms with Crippen LogP contribution < -0.4 is 9.80 Å². The SMILES string of the molecule is Cc1nc([C@@H]2CCCN(c3ncccn3)C2)cc(N2CCCC2)n1. The second-order valence-electron chi connectivity index (χ2n) is 6.73. The van der Waals surface area contributed by atoms with Crippen molar-refractivity contribution in [3.05, 3.63) is 36.0 Å². The molecule has 4 heterocycles. The molecule has 0 bridgehead atoms. The number of anilines is 2. The van der Waals surface area contributed by atoms with Gasteiger partial charge in [-0.3, -0.25) is 0 Å². The van der Waals surface area contributed by atoms with Gasteiger partial charge in [0.1, 0.15) is 11.6 Å². The van der Waals surface area contributed by atoms with Gasteiger partial charge in [0.25, 0.3) is 0 Å². The van der Waals surface area contributed by atoms with Crippen LogP contribution in [0, 0.1) is 6.92 Å². The van der Waals surface area contributed by atoms with E-state index in [0.717, 1.165) is 50.2 Å². The van der Waals surface area contributed by atoms with Gasteiger partial charge >= 0.3 is 0 Å². The summed E-state index contributed by atoms with van der Waals surface area (Å²) >= 11 is 0. The first-order valence-electron chi connectivity index (χ1n) is 8.92. The lowest BCUT2D eigenvalue weighted by Crippen LogP contribution is -2.36. The van der Waals surface area contributed by atoms with E-state index >= 15 is 0 Å². The van der Waals surface area contributed by atoms with Crippen molar-refractivity contribution in [1.29, 1.82) is 0 Å². The third-order valence-electron chi connectivity index (χ3n) is 4.95. The van der Waals surface area contributed by atoms with E-state index in [1.165, 1.54) is 25.0 Å². The average molecular weight is 324 g/mol. The lowest BCUT2D eigenvalue weighted by Gasteiger charge is -2.32. The largest absolute Gasteiger partial charge is 0.357 e. The molecule has 2 aromatic heterocycles. The van der Waals surface area contributed by atoms with Crippen LogP contribution in [0.3, 0.4) is 0 Å². The predicted molar refractivity (Wildman–Crippen MR) is 94.4 cm³/mol. The van der Waals surface area contributed by atoms with Crippen molar-refractivity contribution in [2.45, 2.75) is 38.5 Å². The van der Waals surface area contributed by atoms with E-state index in [1.807, 2.05) is 25.4 Å². The van der Waals surface area contributed by atoms with Crippen LogP contribution in [0.4, 0.5) is 11.8 Å². The van der Waals surface area contributed by atoms with Crippen LogP contribution in [0.2, 0.25) is 0 Å². The van der Waals surface area contributed by atoms with E-state index in [9.17, 15) is 0 Å². The molecule has 4 rings (SSSR count). The Morgan fingerprint density at radius 3 is 2.50 bits per heavy atom. The Bertz CT molecular complexity index is 683. The number of aryl methyl sites for hydroxylation is 1. The highest BCUT2D eigenvalue weighted by Gasteiger charge is 2.25. The van der Waals surface area contributed by atoms with Crippen LogP contribution in [-0.4, -0.2) is 46.1 Å². The quantitative estimate of drug-likeness (QED) is 0.865. The molecule has 2 fully saturated rings. The van der Waals surface area contributed by atoms with Gasteiger partial charge in [-0.05, 0) is 38.7 Å². The first kappa shape index (κ1) is 15.3. The lowest BCUT2D eigenvalue weighted by molar-refractivity contribution is 0.493. The van der Waals surface area contributed by atoms with Gasteiger partial charge in [-0.25, -0.2) is 19.9 Å². The highest BCUT2D eigenvalue weighted by atomic mass is 15.3. The first-order valence-corrected chi connectivity index (χ1v) is 8.92. The zero-order chi connectivity index (χ0) is 16.4. The van der Waals surface area contributed by atoms with E-state index in [1.54, 1.807) is 0 Å². The second kappa shape index (κ2) is 6.71. The van der Waals surface area contributed by atoms with Crippen LogP contribution in [0.25, 0.3) is 0 Å². The molecule has 1 atom stereocenters. The number of aromatic nitrogens is 4. The minimum atomic E-state index is 0.422. The molecule has 0 amide bonds. The zero-order valence-electron chi connectivity index (χ0n) is 14.2. The summed E-state index contributed by atoms with van der Waals surface area (Å²) in [6.45, 7) is 6.18. The highest BCUT2D eigenvalue weighted by molar-refractivity contribution is 5.42. The van der Waals surface area contributed by atoms with Crippen LogP contribution in [-0.2, 0) is 0 Å². The predicted octanol–water partition coefficient (Wildman–Crippen LogP) is 2.56. The van der Waals surface area contributed by atoms with Crippen molar-refractivity contribution in [2.75, 3.05) is 36.0 Å². The number of nitrogens with zero attached hydrogens (tertiary/aromatic N) is 6. The van der Waals surface area contributed by atoms with Gasteiger partial charge in [0.2, 0.25) is 5.95 Å². The Kier molecular flexibility index (Phi) is 4.28.